The van der Waals surface area contributed by atoms with Gasteiger partial charge in [0.15, 0.2) is 0 Å². The number of ether oxygens (including phenoxy) is 1. The van der Waals surface area contributed by atoms with Crippen LogP contribution in [0.1, 0.15) is 106 Å². The molecule has 0 saturated carbocycles. The normalized spacial score (nSPS) is 11.6. The molecule has 0 saturated heterocycles. The molecule has 2 rings (SSSR count). The highest BCUT2D eigenvalue weighted by Gasteiger charge is 2.25. The topological polar surface area (TPSA) is 44.1 Å². The second kappa shape index (κ2) is 18.9. The Balaban J connectivity index is 1.71. The molecular formula is C32H44Cl2N2O2. The quantitative estimate of drug-likeness (QED) is 0.0921. The van der Waals surface area contributed by atoms with E-state index >= 15 is 0 Å². The predicted octanol–water partition coefficient (Wildman–Crippen LogP) is 10.1. The molecule has 0 aliphatic rings. The predicted molar refractivity (Wildman–Crippen MR) is 162 cm³/mol. The maximum Gasteiger partial charge on any atom is 0.223 e. The van der Waals surface area contributed by atoms with Crippen molar-refractivity contribution in [2.45, 2.75) is 97.4 Å². The number of nitrogens with zero attached hydrogens (tertiary/aromatic N) is 2. The van der Waals surface area contributed by atoms with E-state index in [0.29, 0.717) is 45.9 Å². The minimum absolute atomic E-state index is 0.216. The summed E-state index contributed by atoms with van der Waals surface area (Å²) in [5, 5.41) is 5.31. The summed E-state index contributed by atoms with van der Waals surface area (Å²) in [6.45, 7) is 8.85. The maximum atomic E-state index is 13.3. The Morgan fingerprint density at radius 2 is 1.63 bits per heavy atom. The fraction of sp³-hybridized carbons (Fsp3) is 0.500. The Kier molecular flexibility index (Phi) is 15.8. The summed E-state index contributed by atoms with van der Waals surface area (Å²) in [5.74, 6) is 0.257. The molecule has 208 valence electrons. The van der Waals surface area contributed by atoms with Crippen LogP contribution in [0.25, 0.3) is 0 Å². The van der Waals surface area contributed by atoms with E-state index < -0.39 is 0 Å². The molecule has 0 fully saturated rings. The van der Waals surface area contributed by atoms with Gasteiger partial charge in [-0.25, -0.2) is 4.68 Å². The van der Waals surface area contributed by atoms with Crippen LogP contribution in [-0.2, 0) is 6.54 Å². The van der Waals surface area contributed by atoms with Gasteiger partial charge in [-0.2, -0.15) is 5.10 Å². The molecule has 38 heavy (non-hydrogen) atoms. The standard InChI is InChI=1S/C32H44Cl2N2O2/c1-4-6-7-8-9-10-11-12-13-14-15-16-17-18-19-20-24-38-32-30(26(3)35-36(32)23-5-2)31(37)28-22-21-27(33)25-29(28)34/h5,9-10,12-13,21-22,25H,2,4,6-8,11,14-20,23-24H2,1,3H3. The van der Waals surface area contributed by atoms with Crippen LogP contribution in [0, 0.1) is 6.92 Å². The zero-order chi connectivity index (χ0) is 27.6. The number of rotatable bonds is 20. The smallest absolute Gasteiger partial charge is 0.223 e. The van der Waals surface area contributed by atoms with Crippen LogP contribution >= 0.6 is 23.2 Å². The van der Waals surface area contributed by atoms with Gasteiger partial charge in [0.25, 0.3) is 0 Å². The van der Waals surface area contributed by atoms with Gasteiger partial charge in [0.2, 0.25) is 11.7 Å². The fourth-order valence-corrected chi connectivity index (χ4v) is 4.78. The Bertz CT molecular complexity index is 1060. The Labute approximate surface area is 239 Å². The zero-order valence-electron chi connectivity index (χ0n) is 23.2. The second-order valence-corrected chi connectivity index (χ2v) is 10.5. The van der Waals surface area contributed by atoms with Crippen molar-refractivity contribution in [2.75, 3.05) is 6.61 Å². The van der Waals surface area contributed by atoms with Crippen LogP contribution in [0.5, 0.6) is 5.88 Å². The largest absolute Gasteiger partial charge is 0.477 e. The number of unbranched alkanes of at least 4 members (excludes halogenated alkanes) is 9. The molecule has 0 atom stereocenters. The summed E-state index contributed by atoms with van der Waals surface area (Å²) in [7, 11) is 0. The number of allylic oxidation sites excluding steroid dienone is 5. The van der Waals surface area contributed by atoms with Gasteiger partial charge in [-0.05, 0) is 63.6 Å². The SMILES string of the molecule is C=CCn1nc(C)c(C(=O)c2ccc(Cl)cc2Cl)c1OCCCCCCCCC=CCC=CCCCCC. The molecule has 4 nitrogen and oxygen atoms in total. The van der Waals surface area contributed by atoms with Gasteiger partial charge in [0, 0.05) is 10.6 Å². The number of aromatic nitrogens is 2. The summed E-state index contributed by atoms with van der Waals surface area (Å²) in [6.07, 6.45) is 25.2. The van der Waals surface area contributed by atoms with E-state index in [1.54, 1.807) is 29.0 Å². The molecular weight excluding hydrogens is 515 g/mol. The lowest BCUT2D eigenvalue weighted by Crippen LogP contribution is -2.10. The first-order valence-electron chi connectivity index (χ1n) is 14.1. The van der Waals surface area contributed by atoms with E-state index in [4.69, 9.17) is 27.9 Å². The minimum atomic E-state index is -0.216. The number of halogens is 2. The Hall–Kier alpha value is -2.30. The third-order valence-electron chi connectivity index (χ3n) is 6.37. The summed E-state index contributed by atoms with van der Waals surface area (Å²) < 4.78 is 7.80. The summed E-state index contributed by atoms with van der Waals surface area (Å²) >= 11 is 12.3. The molecule has 6 heteroatoms. The molecule has 0 radical (unpaired) electrons. The minimum Gasteiger partial charge on any atom is -0.477 e. The van der Waals surface area contributed by atoms with Crippen molar-refractivity contribution < 1.29 is 9.53 Å². The lowest BCUT2D eigenvalue weighted by molar-refractivity contribution is 0.103. The molecule has 1 aromatic carbocycles. The molecule has 0 bridgehead atoms. The van der Waals surface area contributed by atoms with E-state index in [1.165, 1.54) is 51.4 Å². The van der Waals surface area contributed by atoms with E-state index in [9.17, 15) is 4.79 Å². The second-order valence-electron chi connectivity index (χ2n) is 9.62. The highest BCUT2D eigenvalue weighted by Crippen LogP contribution is 2.30. The lowest BCUT2D eigenvalue weighted by atomic mass is 10.0. The highest BCUT2D eigenvalue weighted by molar-refractivity contribution is 6.37. The van der Waals surface area contributed by atoms with Crippen LogP contribution in [0.2, 0.25) is 10.0 Å². The first-order chi connectivity index (χ1) is 18.5. The highest BCUT2D eigenvalue weighted by atomic mass is 35.5. The Morgan fingerprint density at radius 3 is 2.29 bits per heavy atom. The van der Waals surface area contributed by atoms with Crippen LogP contribution in [0.4, 0.5) is 0 Å². The van der Waals surface area contributed by atoms with Crippen molar-refractivity contribution in [1.82, 2.24) is 9.78 Å². The number of hydrogen-bond donors (Lipinski definition) is 0. The van der Waals surface area contributed by atoms with Gasteiger partial charge >= 0.3 is 0 Å². The summed E-state index contributed by atoms with van der Waals surface area (Å²) in [4.78, 5) is 13.3. The van der Waals surface area contributed by atoms with E-state index in [1.807, 2.05) is 6.92 Å². The molecule has 0 N–H and O–H groups in total. The zero-order valence-corrected chi connectivity index (χ0v) is 24.7. The average Bonchev–Trinajstić information content (AvgIpc) is 3.20. The molecule has 0 unspecified atom stereocenters. The van der Waals surface area contributed by atoms with Crippen molar-refractivity contribution in [3.8, 4) is 5.88 Å². The van der Waals surface area contributed by atoms with Crippen LogP contribution in [-0.4, -0.2) is 22.2 Å². The van der Waals surface area contributed by atoms with Crippen molar-refractivity contribution >= 4 is 29.0 Å². The number of hydrogen-bond acceptors (Lipinski definition) is 3. The van der Waals surface area contributed by atoms with Gasteiger partial charge < -0.3 is 4.74 Å². The number of carbonyl (C=O) groups excluding carboxylic acids is 1. The maximum absolute atomic E-state index is 13.3. The first-order valence-corrected chi connectivity index (χ1v) is 14.9. The van der Waals surface area contributed by atoms with Crippen LogP contribution < -0.4 is 4.74 Å². The van der Waals surface area contributed by atoms with Crippen LogP contribution in [0.15, 0.2) is 55.2 Å². The van der Waals surface area contributed by atoms with Gasteiger partial charge in [-0.3, -0.25) is 4.79 Å². The number of carbonyl (C=O) groups is 1. The third kappa shape index (κ3) is 11.2. The Morgan fingerprint density at radius 1 is 0.974 bits per heavy atom. The molecule has 0 aliphatic carbocycles. The van der Waals surface area contributed by atoms with Crippen molar-refractivity contribution in [1.29, 1.82) is 0 Å². The summed E-state index contributed by atoms with van der Waals surface area (Å²) in [5.41, 5.74) is 1.43. The number of ketones is 1. The number of benzene rings is 1. The fourth-order valence-electron chi connectivity index (χ4n) is 4.28. The van der Waals surface area contributed by atoms with Crippen molar-refractivity contribution in [3.05, 3.63) is 82.0 Å². The molecule has 0 aliphatic heterocycles. The van der Waals surface area contributed by atoms with Crippen LogP contribution in [0.3, 0.4) is 0 Å². The molecule has 0 spiro atoms. The van der Waals surface area contributed by atoms with E-state index in [0.717, 1.165) is 25.7 Å². The molecule has 1 heterocycles. The van der Waals surface area contributed by atoms with Gasteiger partial charge in [0.05, 0.1) is 23.9 Å². The van der Waals surface area contributed by atoms with E-state index in [2.05, 4.69) is 42.9 Å². The van der Waals surface area contributed by atoms with Gasteiger partial charge in [0.1, 0.15) is 5.56 Å². The molecule has 1 aromatic heterocycles. The third-order valence-corrected chi connectivity index (χ3v) is 6.92. The average molecular weight is 560 g/mol. The lowest BCUT2D eigenvalue weighted by Gasteiger charge is -2.11. The van der Waals surface area contributed by atoms with Gasteiger partial charge in [-0.1, -0.05) is 99.0 Å². The molecule has 2 aromatic rings. The molecule has 0 amide bonds. The van der Waals surface area contributed by atoms with E-state index in [-0.39, 0.29) is 5.78 Å². The number of aryl methyl sites for hydroxylation is 1. The van der Waals surface area contributed by atoms with Crippen molar-refractivity contribution in [2.24, 2.45) is 0 Å². The summed E-state index contributed by atoms with van der Waals surface area (Å²) in [6, 6.07) is 4.88. The van der Waals surface area contributed by atoms with Crippen molar-refractivity contribution in [3.63, 3.8) is 0 Å². The monoisotopic (exact) mass is 558 g/mol. The first kappa shape index (κ1) is 31.9. The van der Waals surface area contributed by atoms with Gasteiger partial charge in [-0.15, -0.1) is 6.58 Å².